The van der Waals surface area contributed by atoms with E-state index in [9.17, 15) is 9.59 Å². The molecule has 0 bridgehead atoms. The third kappa shape index (κ3) is 6.44. The summed E-state index contributed by atoms with van der Waals surface area (Å²) in [6.45, 7) is 5.92. The number of nitrogens with one attached hydrogen (secondary N) is 2. The van der Waals surface area contributed by atoms with Crippen LogP contribution in [0.2, 0.25) is 0 Å². The van der Waals surface area contributed by atoms with Crippen LogP contribution in [0.25, 0.3) is 0 Å². The Hall–Kier alpha value is -1.30. The topological polar surface area (TPSA) is 87.7 Å². The first-order valence-corrected chi connectivity index (χ1v) is 6.21. The van der Waals surface area contributed by atoms with Crippen molar-refractivity contribution in [2.45, 2.75) is 45.7 Å². The normalized spacial score (nSPS) is 14.1. The van der Waals surface area contributed by atoms with Crippen molar-refractivity contribution in [3.8, 4) is 0 Å². The van der Waals surface area contributed by atoms with Gasteiger partial charge in [0.15, 0.2) is 0 Å². The predicted octanol–water partition coefficient (Wildman–Crippen LogP) is 1.21. The first kappa shape index (κ1) is 16.7. The Kier molecular flexibility index (Phi) is 8.11. The molecule has 0 radical (unpaired) electrons. The molecule has 0 aliphatic heterocycles. The lowest BCUT2D eigenvalue weighted by atomic mass is 10.1. The molecular weight excluding hydrogens is 236 g/mol. The van der Waals surface area contributed by atoms with Crippen LogP contribution in [0.4, 0.5) is 4.79 Å². The van der Waals surface area contributed by atoms with E-state index in [0.717, 1.165) is 12.8 Å². The molecule has 2 atom stereocenters. The summed E-state index contributed by atoms with van der Waals surface area (Å²) in [4.78, 5) is 22.6. The smallest absolute Gasteiger partial charge is 0.326 e. The lowest BCUT2D eigenvalue weighted by Gasteiger charge is -2.22. The molecule has 18 heavy (non-hydrogen) atoms. The summed E-state index contributed by atoms with van der Waals surface area (Å²) in [5, 5.41) is 14.1. The Morgan fingerprint density at radius 1 is 1.28 bits per heavy atom. The van der Waals surface area contributed by atoms with Crippen molar-refractivity contribution < 1.29 is 19.4 Å². The van der Waals surface area contributed by atoms with E-state index in [-0.39, 0.29) is 12.0 Å². The van der Waals surface area contributed by atoms with Gasteiger partial charge in [-0.25, -0.2) is 9.59 Å². The van der Waals surface area contributed by atoms with Crippen LogP contribution in [0.1, 0.15) is 33.6 Å². The maximum Gasteiger partial charge on any atom is 0.326 e. The number of hydrogen-bond donors (Lipinski definition) is 3. The van der Waals surface area contributed by atoms with Gasteiger partial charge in [-0.15, -0.1) is 0 Å². The first-order valence-electron chi connectivity index (χ1n) is 6.21. The van der Waals surface area contributed by atoms with E-state index in [1.54, 1.807) is 21.0 Å². The van der Waals surface area contributed by atoms with Gasteiger partial charge >= 0.3 is 12.0 Å². The van der Waals surface area contributed by atoms with Crippen molar-refractivity contribution in [1.29, 1.82) is 0 Å². The van der Waals surface area contributed by atoms with E-state index in [1.165, 1.54) is 0 Å². The number of carboxylic acid groups (broad SMARTS) is 1. The second kappa shape index (κ2) is 8.74. The van der Waals surface area contributed by atoms with Crippen LogP contribution in [-0.2, 0) is 9.53 Å². The van der Waals surface area contributed by atoms with Crippen LogP contribution < -0.4 is 10.6 Å². The molecule has 6 heteroatoms. The summed E-state index contributed by atoms with van der Waals surface area (Å²) in [5.41, 5.74) is 0. The highest BCUT2D eigenvalue weighted by Crippen LogP contribution is 2.02. The number of ether oxygens (including phenoxy) is 1. The summed E-state index contributed by atoms with van der Waals surface area (Å²) >= 11 is 0. The summed E-state index contributed by atoms with van der Waals surface area (Å²) in [5.74, 6) is -1.20. The van der Waals surface area contributed by atoms with E-state index in [2.05, 4.69) is 10.6 Å². The Morgan fingerprint density at radius 3 is 2.28 bits per heavy atom. The van der Waals surface area contributed by atoms with Gasteiger partial charge in [-0.2, -0.15) is 0 Å². The Labute approximate surface area is 108 Å². The summed E-state index contributed by atoms with van der Waals surface area (Å²) in [6.07, 6.45) is 1.71. The molecule has 0 aromatic heterocycles. The van der Waals surface area contributed by atoms with Crippen molar-refractivity contribution in [2.24, 2.45) is 5.92 Å². The van der Waals surface area contributed by atoms with Crippen molar-refractivity contribution >= 4 is 12.0 Å². The van der Waals surface area contributed by atoms with Gasteiger partial charge in [0.2, 0.25) is 0 Å². The minimum Gasteiger partial charge on any atom is -0.480 e. The Balaban J connectivity index is 4.32. The SMILES string of the molecule is CCCC(COC)NC(=O)NC(C(=O)O)C(C)C. The summed E-state index contributed by atoms with van der Waals surface area (Å²) in [6, 6.07) is -1.44. The summed E-state index contributed by atoms with van der Waals surface area (Å²) in [7, 11) is 1.57. The molecule has 0 heterocycles. The van der Waals surface area contributed by atoms with E-state index < -0.39 is 18.0 Å². The number of rotatable bonds is 8. The molecule has 0 saturated heterocycles. The predicted molar refractivity (Wildman–Crippen MR) is 68.5 cm³/mol. The average molecular weight is 260 g/mol. The summed E-state index contributed by atoms with van der Waals surface area (Å²) < 4.78 is 5.00. The molecular formula is C12H24N2O4. The molecule has 0 fully saturated rings. The van der Waals surface area contributed by atoms with Crippen molar-refractivity contribution in [1.82, 2.24) is 10.6 Å². The van der Waals surface area contributed by atoms with Crippen molar-refractivity contribution in [3.05, 3.63) is 0 Å². The largest absolute Gasteiger partial charge is 0.480 e. The lowest BCUT2D eigenvalue weighted by Crippen LogP contribution is -2.51. The van der Waals surface area contributed by atoms with Crippen LogP contribution >= 0.6 is 0 Å². The van der Waals surface area contributed by atoms with Crippen molar-refractivity contribution in [3.63, 3.8) is 0 Å². The van der Waals surface area contributed by atoms with Crippen molar-refractivity contribution in [2.75, 3.05) is 13.7 Å². The van der Waals surface area contributed by atoms with Gasteiger partial charge in [0.1, 0.15) is 6.04 Å². The van der Waals surface area contributed by atoms with E-state index in [1.807, 2.05) is 6.92 Å². The highest BCUT2D eigenvalue weighted by atomic mass is 16.5. The molecule has 6 nitrogen and oxygen atoms in total. The quantitative estimate of drug-likeness (QED) is 0.612. The van der Waals surface area contributed by atoms with Gasteiger partial charge in [0.25, 0.3) is 0 Å². The molecule has 3 N–H and O–H groups in total. The number of carbonyl (C=O) groups is 2. The Bertz CT molecular complexity index is 263. The second-order valence-corrected chi connectivity index (χ2v) is 4.62. The van der Waals surface area contributed by atoms with Gasteiger partial charge < -0.3 is 20.5 Å². The van der Waals surface area contributed by atoms with Gasteiger partial charge in [0.05, 0.1) is 12.6 Å². The maximum atomic E-state index is 11.7. The lowest BCUT2D eigenvalue weighted by molar-refractivity contribution is -0.140. The molecule has 2 amide bonds. The first-order chi connectivity index (χ1) is 8.42. The Morgan fingerprint density at radius 2 is 1.89 bits per heavy atom. The molecule has 2 unspecified atom stereocenters. The highest BCUT2D eigenvalue weighted by molar-refractivity contribution is 5.82. The van der Waals surface area contributed by atoms with Gasteiger partial charge in [-0.3, -0.25) is 0 Å². The average Bonchev–Trinajstić information content (AvgIpc) is 2.25. The standard InChI is InChI=1S/C12H24N2O4/c1-5-6-9(7-18-4)13-12(17)14-10(8(2)3)11(15)16/h8-10H,5-7H2,1-4H3,(H,15,16)(H2,13,14,17). The zero-order valence-corrected chi connectivity index (χ0v) is 11.5. The van der Waals surface area contributed by atoms with Gasteiger partial charge in [-0.05, 0) is 12.3 Å². The third-order valence-electron chi connectivity index (χ3n) is 2.56. The number of methoxy groups -OCH3 is 1. The van der Waals surface area contributed by atoms with Crippen LogP contribution in [0.3, 0.4) is 0 Å². The number of carboxylic acids is 1. The zero-order valence-electron chi connectivity index (χ0n) is 11.5. The number of carbonyl (C=O) groups excluding carboxylic acids is 1. The number of hydrogen-bond acceptors (Lipinski definition) is 3. The monoisotopic (exact) mass is 260 g/mol. The fourth-order valence-corrected chi connectivity index (χ4v) is 1.63. The number of amides is 2. The fourth-order valence-electron chi connectivity index (χ4n) is 1.63. The molecule has 0 spiro atoms. The third-order valence-corrected chi connectivity index (χ3v) is 2.56. The van der Waals surface area contributed by atoms with E-state index in [0.29, 0.717) is 6.61 Å². The number of urea groups is 1. The molecule has 0 aromatic carbocycles. The fraction of sp³-hybridized carbons (Fsp3) is 0.833. The van der Waals surface area contributed by atoms with Crippen LogP contribution in [0.5, 0.6) is 0 Å². The van der Waals surface area contributed by atoms with Crippen LogP contribution in [0, 0.1) is 5.92 Å². The van der Waals surface area contributed by atoms with Gasteiger partial charge in [0, 0.05) is 7.11 Å². The zero-order chi connectivity index (χ0) is 14.1. The molecule has 0 saturated carbocycles. The highest BCUT2D eigenvalue weighted by Gasteiger charge is 2.24. The molecule has 0 rings (SSSR count). The van der Waals surface area contributed by atoms with E-state index >= 15 is 0 Å². The maximum absolute atomic E-state index is 11.7. The molecule has 0 aliphatic carbocycles. The number of aliphatic carboxylic acids is 1. The minimum atomic E-state index is -1.03. The van der Waals surface area contributed by atoms with E-state index in [4.69, 9.17) is 9.84 Å². The molecule has 106 valence electrons. The molecule has 0 aliphatic rings. The molecule has 0 aromatic rings. The minimum absolute atomic E-state index is 0.0957. The van der Waals surface area contributed by atoms with Crippen LogP contribution in [0.15, 0.2) is 0 Å². The van der Waals surface area contributed by atoms with Gasteiger partial charge in [-0.1, -0.05) is 27.2 Å². The van der Waals surface area contributed by atoms with Crippen LogP contribution in [-0.4, -0.2) is 42.9 Å². The second-order valence-electron chi connectivity index (χ2n) is 4.62.